The van der Waals surface area contributed by atoms with Crippen LogP contribution < -0.4 is 10.9 Å². The van der Waals surface area contributed by atoms with Crippen LogP contribution >= 0.6 is 24.0 Å². The van der Waals surface area contributed by atoms with Crippen molar-refractivity contribution in [2.45, 2.75) is 91.1 Å². The molecule has 224 valence electrons. The number of hydrogen-bond acceptors (Lipinski definition) is 7. The minimum Gasteiger partial charge on any atom is -0.481 e. The third kappa shape index (κ3) is 9.04. The van der Waals surface area contributed by atoms with Crippen molar-refractivity contribution in [2.75, 3.05) is 11.9 Å². The molecule has 2 heterocycles. The number of pyridine rings is 1. The largest absolute Gasteiger partial charge is 0.481 e. The number of benzene rings is 1. The van der Waals surface area contributed by atoms with Crippen molar-refractivity contribution < 1.29 is 14.7 Å². The molecule has 0 unspecified atom stereocenters. The van der Waals surface area contributed by atoms with Crippen LogP contribution in [0.3, 0.4) is 0 Å². The molecule has 1 aromatic heterocycles. The number of carbonyl (C=O) groups is 2. The Labute approximate surface area is 257 Å². The Bertz CT molecular complexity index is 1400. The maximum Gasteiger partial charge on any atom is 0.303 e. The van der Waals surface area contributed by atoms with Crippen molar-refractivity contribution in [1.29, 1.82) is 5.26 Å². The highest BCUT2D eigenvalue weighted by Gasteiger charge is 2.32. The van der Waals surface area contributed by atoms with Crippen molar-refractivity contribution in [3.05, 3.63) is 67.8 Å². The Kier molecular flexibility index (Phi) is 13.3. The number of hydrogen-bond donors (Lipinski definition) is 2. The number of thiocarbonyl (C=S) groups is 1. The predicted molar refractivity (Wildman–Crippen MR) is 173 cm³/mol. The van der Waals surface area contributed by atoms with E-state index in [4.69, 9.17) is 17.3 Å². The number of unbranched alkanes of at least 4 members (excludes halogenated alkanes) is 7. The normalized spacial score (nSPS) is 14.0. The highest BCUT2D eigenvalue weighted by atomic mass is 32.2. The van der Waals surface area contributed by atoms with E-state index in [9.17, 15) is 19.6 Å². The van der Waals surface area contributed by atoms with E-state index in [-0.39, 0.29) is 23.5 Å². The molecule has 0 aliphatic carbocycles. The van der Waals surface area contributed by atoms with Crippen molar-refractivity contribution in [1.82, 2.24) is 9.47 Å². The molecular weight excluding hydrogens is 569 g/mol. The fourth-order valence-corrected chi connectivity index (χ4v) is 6.29. The molecule has 3 rings (SSSR count). The van der Waals surface area contributed by atoms with Crippen LogP contribution in [0, 0.1) is 18.3 Å². The van der Waals surface area contributed by atoms with E-state index in [0.717, 1.165) is 56.9 Å². The smallest absolute Gasteiger partial charge is 0.303 e. The number of nitrogens with one attached hydrogen (secondary N) is 1. The summed E-state index contributed by atoms with van der Waals surface area (Å²) in [4.78, 5) is 39.4. The zero-order valence-corrected chi connectivity index (χ0v) is 26.1. The maximum absolute atomic E-state index is 13.4. The number of carbonyl (C=O) groups excluding carboxylic acids is 1. The summed E-state index contributed by atoms with van der Waals surface area (Å²) in [5.41, 5.74) is 1.98. The number of carboxylic acid groups (broad SMARTS) is 1. The number of anilines is 1. The molecule has 1 amide bonds. The van der Waals surface area contributed by atoms with Gasteiger partial charge in [0.25, 0.3) is 11.5 Å². The Balaban J connectivity index is 1.71. The minimum absolute atomic E-state index is 0.0809. The molecule has 42 heavy (non-hydrogen) atoms. The first-order valence-electron chi connectivity index (χ1n) is 14.7. The molecule has 0 spiro atoms. The Morgan fingerprint density at radius 3 is 2.31 bits per heavy atom. The van der Waals surface area contributed by atoms with Crippen molar-refractivity contribution in [3.8, 4) is 6.07 Å². The molecule has 10 heteroatoms. The second-order valence-corrected chi connectivity index (χ2v) is 12.2. The van der Waals surface area contributed by atoms with E-state index in [0.29, 0.717) is 52.2 Å². The van der Waals surface area contributed by atoms with Gasteiger partial charge in [-0.2, -0.15) is 5.26 Å². The molecule has 0 bridgehead atoms. The second-order valence-electron chi connectivity index (χ2n) is 10.5. The molecule has 2 aromatic rings. The molecule has 8 nitrogen and oxygen atoms in total. The number of nitrogens with zero attached hydrogens (tertiary/aromatic N) is 3. The Morgan fingerprint density at radius 1 is 1.05 bits per heavy atom. The Hall–Kier alpha value is -3.42. The highest BCUT2D eigenvalue weighted by Crippen LogP contribution is 2.35. The molecule has 1 aliphatic heterocycles. The van der Waals surface area contributed by atoms with E-state index in [1.165, 1.54) is 11.8 Å². The summed E-state index contributed by atoms with van der Waals surface area (Å²) in [7, 11) is 0. The molecule has 0 atom stereocenters. The van der Waals surface area contributed by atoms with Gasteiger partial charge < -0.3 is 10.4 Å². The van der Waals surface area contributed by atoms with Gasteiger partial charge >= 0.3 is 5.97 Å². The fourth-order valence-electron chi connectivity index (χ4n) is 5.00. The number of rotatable bonds is 17. The number of aromatic nitrogens is 1. The van der Waals surface area contributed by atoms with Crippen LogP contribution in [0.2, 0.25) is 0 Å². The lowest BCUT2D eigenvalue weighted by atomic mass is 10.0. The number of aliphatic carboxylic acids is 1. The van der Waals surface area contributed by atoms with Gasteiger partial charge in [0.15, 0.2) is 0 Å². The lowest BCUT2D eigenvalue weighted by Gasteiger charge is -2.20. The van der Waals surface area contributed by atoms with Crippen LogP contribution in [0.25, 0.3) is 6.08 Å². The summed E-state index contributed by atoms with van der Waals surface area (Å²) in [6.45, 7) is 5.21. The van der Waals surface area contributed by atoms with Crippen molar-refractivity contribution in [3.63, 3.8) is 0 Å². The standard InChI is InChI=1S/C32H40N4O4S2/c1-3-18-35-29(34-22-24-15-11-10-12-16-24)25(23(2)26(21-33)30(35)39)20-27-31(40)36(32(41)42-27)19-14-9-7-5-4-6-8-13-17-28(37)38/h10-12,15-16,20,34H,3-9,13-14,17-19,22H2,1-2H3,(H,37,38)/b27-20+. The van der Waals surface area contributed by atoms with Gasteiger partial charge in [0.1, 0.15) is 21.8 Å². The Morgan fingerprint density at radius 2 is 1.69 bits per heavy atom. The van der Waals surface area contributed by atoms with Gasteiger partial charge in [-0.1, -0.05) is 99.8 Å². The SMILES string of the molecule is CCCn1c(NCc2ccccc2)c(/C=C2/SC(=S)N(CCCCCCCCCCC(=O)O)C2=O)c(C)c(C#N)c1=O. The lowest BCUT2D eigenvalue weighted by molar-refractivity contribution is -0.137. The number of nitriles is 1. The molecule has 1 saturated heterocycles. The highest BCUT2D eigenvalue weighted by molar-refractivity contribution is 8.26. The summed E-state index contributed by atoms with van der Waals surface area (Å²) in [6, 6.07) is 11.9. The fraction of sp³-hybridized carbons (Fsp3) is 0.469. The predicted octanol–water partition coefficient (Wildman–Crippen LogP) is 6.85. The van der Waals surface area contributed by atoms with E-state index in [2.05, 4.69) is 11.4 Å². The summed E-state index contributed by atoms with van der Waals surface area (Å²) < 4.78 is 2.12. The zero-order chi connectivity index (χ0) is 30.5. The van der Waals surface area contributed by atoms with Crippen LogP contribution in [0.5, 0.6) is 0 Å². The molecular formula is C32H40N4O4S2. The van der Waals surface area contributed by atoms with Gasteiger partial charge in [-0.15, -0.1) is 0 Å². The average Bonchev–Trinajstić information content (AvgIpc) is 3.24. The van der Waals surface area contributed by atoms with Gasteiger partial charge in [0.05, 0.1) is 4.91 Å². The van der Waals surface area contributed by atoms with Crippen LogP contribution in [0.4, 0.5) is 5.82 Å². The first-order valence-corrected chi connectivity index (χ1v) is 15.9. The van der Waals surface area contributed by atoms with Crippen LogP contribution in [-0.4, -0.2) is 37.3 Å². The summed E-state index contributed by atoms with van der Waals surface area (Å²) >= 11 is 6.83. The van der Waals surface area contributed by atoms with Gasteiger partial charge in [-0.3, -0.25) is 23.9 Å². The van der Waals surface area contributed by atoms with Crippen molar-refractivity contribution in [2.24, 2.45) is 0 Å². The van der Waals surface area contributed by atoms with Crippen LogP contribution in [-0.2, 0) is 22.7 Å². The van der Waals surface area contributed by atoms with Gasteiger partial charge in [0.2, 0.25) is 0 Å². The molecule has 0 saturated carbocycles. The van der Waals surface area contributed by atoms with Crippen LogP contribution in [0.1, 0.15) is 93.4 Å². The molecule has 0 radical (unpaired) electrons. The number of thioether (sulfide) groups is 1. The minimum atomic E-state index is -0.733. The summed E-state index contributed by atoms with van der Waals surface area (Å²) in [6.07, 6.45) is 10.6. The van der Waals surface area contributed by atoms with Crippen molar-refractivity contribution >= 4 is 52.1 Å². The molecule has 1 fully saturated rings. The molecule has 1 aliphatic rings. The third-order valence-electron chi connectivity index (χ3n) is 7.30. The van der Waals surface area contributed by atoms with Crippen LogP contribution in [0.15, 0.2) is 40.0 Å². The molecule has 2 N–H and O–H groups in total. The molecule has 1 aromatic carbocycles. The monoisotopic (exact) mass is 608 g/mol. The maximum atomic E-state index is 13.4. The van der Waals surface area contributed by atoms with E-state index >= 15 is 0 Å². The second kappa shape index (κ2) is 16.9. The van der Waals surface area contributed by atoms with E-state index < -0.39 is 5.97 Å². The quantitative estimate of drug-likeness (QED) is 0.114. The van der Waals surface area contributed by atoms with Gasteiger partial charge in [-0.25, -0.2) is 0 Å². The number of carboxylic acids is 1. The zero-order valence-electron chi connectivity index (χ0n) is 24.5. The van der Waals surface area contributed by atoms with Gasteiger partial charge in [0, 0.05) is 31.6 Å². The topological polar surface area (TPSA) is 115 Å². The average molecular weight is 609 g/mol. The third-order valence-corrected chi connectivity index (χ3v) is 8.67. The lowest BCUT2D eigenvalue weighted by Crippen LogP contribution is -2.29. The van der Waals surface area contributed by atoms with Gasteiger partial charge in [-0.05, 0) is 43.4 Å². The first kappa shape index (κ1) is 33.1. The first-order chi connectivity index (χ1) is 20.3. The summed E-state index contributed by atoms with van der Waals surface area (Å²) in [5.74, 6) is -0.290. The van der Waals surface area contributed by atoms with E-state index in [1.54, 1.807) is 22.5 Å². The summed E-state index contributed by atoms with van der Waals surface area (Å²) in [5, 5.41) is 21.9. The van der Waals surface area contributed by atoms with E-state index in [1.807, 2.05) is 37.3 Å². The number of amides is 1.